The normalized spacial score (nSPS) is 10.9. The van der Waals surface area contributed by atoms with E-state index in [0.717, 1.165) is 17.7 Å². The van der Waals surface area contributed by atoms with E-state index in [2.05, 4.69) is 10.1 Å². The molecule has 0 spiro atoms. The Balaban J connectivity index is 1.99. The molecule has 0 aliphatic carbocycles. The van der Waals surface area contributed by atoms with Gasteiger partial charge in [-0.15, -0.1) is 0 Å². The zero-order valence-corrected chi connectivity index (χ0v) is 13.4. The fourth-order valence-electron chi connectivity index (χ4n) is 2.32. The molecule has 0 unspecified atom stereocenters. The number of hydrogen-bond donors (Lipinski definition) is 1. The highest BCUT2D eigenvalue weighted by Gasteiger charge is 2.10. The second-order valence-electron chi connectivity index (χ2n) is 5.19. The molecule has 3 aromatic rings. The van der Waals surface area contributed by atoms with E-state index < -0.39 is 0 Å². The molecule has 0 fully saturated rings. The maximum atomic E-state index is 11.8. The van der Waals surface area contributed by atoms with Crippen molar-refractivity contribution < 1.29 is 0 Å². The van der Waals surface area contributed by atoms with Crippen LogP contribution in [0.4, 0.5) is 5.69 Å². The molecule has 0 aliphatic rings. The summed E-state index contributed by atoms with van der Waals surface area (Å²) in [6, 6.07) is 4.94. The van der Waals surface area contributed by atoms with Crippen LogP contribution in [0, 0.1) is 0 Å². The van der Waals surface area contributed by atoms with Gasteiger partial charge >= 0.3 is 0 Å². The molecular formula is C16H16ClN5O. The summed E-state index contributed by atoms with van der Waals surface area (Å²) in [6.07, 6.45) is 7.74. The van der Waals surface area contributed by atoms with Crippen LogP contribution in [0.25, 0.3) is 16.9 Å². The van der Waals surface area contributed by atoms with Gasteiger partial charge < -0.3 is 10.3 Å². The number of nitrogens with zero attached hydrogens (tertiary/aromatic N) is 4. The molecule has 3 rings (SSSR count). The Morgan fingerprint density at radius 2 is 2.09 bits per heavy atom. The highest BCUT2D eigenvalue weighted by molar-refractivity contribution is 6.33. The Hall–Kier alpha value is -2.60. The van der Waals surface area contributed by atoms with Crippen LogP contribution in [-0.4, -0.2) is 19.3 Å². The zero-order valence-electron chi connectivity index (χ0n) is 12.6. The molecule has 7 heteroatoms. The third-order valence-electron chi connectivity index (χ3n) is 3.42. The first kappa shape index (κ1) is 15.3. The SMILES string of the molecule is CCCn1cc(-n2cc(-c3ncc(N)cc3Cl)cn2)ccc1=O. The summed E-state index contributed by atoms with van der Waals surface area (Å²) in [4.78, 5) is 16.0. The van der Waals surface area contributed by atoms with Gasteiger partial charge in [-0.2, -0.15) is 5.10 Å². The van der Waals surface area contributed by atoms with Crippen LogP contribution in [0.1, 0.15) is 13.3 Å². The van der Waals surface area contributed by atoms with Crippen LogP contribution >= 0.6 is 11.6 Å². The first-order valence-electron chi connectivity index (χ1n) is 7.25. The maximum Gasteiger partial charge on any atom is 0.250 e. The van der Waals surface area contributed by atoms with Crippen LogP contribution < -0.4 is 11.3 Å². The van der Waals surface area contributed by atoms with E-state index in [-0.39, 0.29) is 5.56 Å². The predicted octanol–water partition coefficient (Wildman–Crippen LogP) is 2.74. The standard InChI is InChI=1S/C16H16ClN5O/c1-2-5-21-10-13(3-4-15(21)23)22-9-11(7-20-22)16-14(17)6-12(18)8-19-16/h3-4,6-10H,2,5,18H2,1H3. The molecule has 3 heterocycles. The molecule has 0 saturated carbocycles. The third kappa shape index (κ3) is 3.12. The van der Waals surface area contributed by atoms with Gasteiger partial charge in [-0.1, -0.05) is 18.5 Å². The summed E-state index contributed by atoms with van der Waals surface area (Å²) in [6.45, 7) is 2.70. The van der Waals surface area contributed by atoms with Crippen molar-refractivity contribution in [3.05, 3.63) is 58.4 Å². The lowest BCUT2D eigenvalue weighted by atomic mass is 10.2. The molecule has 23 heavy (non-hydrogen) atoms. The number of rotatable bonds is 4. The van der Waals surface area contributed by atoms with E-state index in [0.29, 0.717) is 22.9 Å². The van der Waals surface area contributed by atoms with E-state index in [4.69, 9.17) is 17.3 Å². The summed E-state index contributed by atoms with van der Waals surface area (Å²) < 4.78 is 3.36. The number of hydrogen-bond acceptors (Lipinski definition) is 4. The molecule has 3 aromatic heterocycles. The average Bonchev–Trinajstić information content (AvgIpc) is 2.99. The highest BCUT2D eigenvalue weighted by atomic mass is 35.5. The Labute approximate surface area is 138 Å². The Morgan fingerprint density at radius 3 is 2.83 bits per heavy atom. The molecule has 0 aromatic carbocycles. The van der Waals surface area contributed by atoms with Gasteiger partial charge in [-0.3, -0.25) is 9.78 Å². The summed E-state index contributed by atoms with van der Waals surface area (Å²) in [7, 11) is 0. The topological polar surface area (TPSA) is 78.7 Å². The van der Waals surface area contributed by atoms with Gasteiger partial charge in [0.2, 0.25) is 0 Å². The number of aromatic nitrogens is 4. The van der Waals surface area contributed by atoms with Crippen molar-refractivity contribution in [2.75, 3.05) is 5.73 Å². The predicted molar refractivity (Wildman–Crippen MR) is 90.8 cm³/mol. The van der Waals surface area contributed by atoms with Crippen molar-refractivity contribution >= 4 is 17.3 Å². The second-order valence-corrected chi connectivity index (χ2v) is 5.60. The van der Waals surface area contributed by atoms with E-state index in [1.807, 2.05) is 13.1 Å². The first-order valence-corrected chi connectivity index (χ1v) is 7.63. The molecule has 118 valence electrons. The van der Waals surface area contributed by atoms with Gasteiger partial charge in [0.1, 0.15) is 0 Å². The zero-order chi connectivity index (χ0) is 16.4. The lowest BCUT2D eigenvalue weighted by Crippen LogP contribution is -2.19. The van der Waals surface area contributed by atoms with Crippen molar-refractivity contribution in [1.82, 2.24) is 19.3 Å². The van der Waals surface area contributed by atoms with Crippen molar-refractivity contribution in [2.45, 2.75) is 19.9 Å². The maximum absolute atomic E-state index is 11.8. The van der Waals surface area contributed by atoms with Gasteiger partial charge in [-0.05, 0) is 18.6 Å². The van der Waals surface area contributed by atoms with E-state index in [1.165, 1.54) is 0 Å². The number of nitrogen functional groups attached to an aromatic ring is 1. The molecule has 2 N–H and O–H groups in total. The molecule has 0 aliphatic heterocycles. The van der Waals surface area contributed by atoms with Crippen LogP contribution in [-0.2, 0) is 6.54 Å². The molecule has 0 radical (unpaired) electrons. The summed E-state index contributed by atoms with van der Waals surface area (Å²) in [5.74, 6) is 0. The van der Waals surface area contributed by atoms with Crippen LogP contribution in [0.3, 0.4) is 0 Å². The largest absolute Gasteiger partial charge is 0.397 e. The minimum atomic E-state index is -0.0220. The number of nitrogens with two attached hydrogens (primary N) is 1. The molecule has 0 atom stereocenters. The van der Waals surface area contributed by atoms with Gasteiger partial charge in [0.25, 0.3) is 5.56 Å². The summed E-state index contributed by atoms with van der Waals surface area (Å²) in [5.41, 5.74) is 8.35. The number of pyridine rings is 2. The lowest BCUT2D eigenvalue weighted by molar-refractivity contribution is 0.648. The fourth-order valence-corrected chi connectivity index (χ4v) is 2.61. The minimum Gasteiger partial charge on any atom is -0.397 e. The minimum absolute atomic E-state index is 0.0220. The van der Waals surface area contributed by atoms with Crippen molar-refractivity contribution in [2.24, 2.45) is 0 Å². The first-order chi connectivity index (χ1) is 11.1. The van der Waals surface area contributed by atoms with E-state index in [1.54, 1.807) is 46.0 Å². The van der Waals surface area contributed by atoms with Crippen molar-refractivity contribution in [3.8, 4) is 16.9 Å². The van der Waals surface area contributed by atoms with E-state index in [9.17, 15) is 4.79 Å². The molecular weight excluding hydrogens is 314 g/mol. The highest BCUT2D eigenvalue weighted by Crippen LogP contribution is 2.27. The van der Waals surface area contributed by atoms with Crippen LogP contribution in [0.2, 0.25) is 5.02 Å². The Kier molecular flexibility index (Phi) is 4.16. The summed E-state index contributed by atoms with van der Waals surface area (Å²) >= 11 is 6.18. The van der Waals surface area contributed by atoms with E-state index >= 15 is 0 Å². The number of anilines is 1. The molecule has 6 nitrogen and oxygen atoms in total. The van der Waals surface area contributed by atoms with Gasteiger partial charge in [-0.25, -0.2) is 4.68 Å². The van der Waals surface area contributed by atoms with Gasteiger partial charge in [0, 0.05) is 30.6 Å². The smallest absolute Gasteiger partial charge is 0.250 e. The van der Waals surface area contributed by atoms with Crippen LogP contribution in [0.15, 0.2) is 47.8 Å². The fraction of sp³-hybridized carbons (Fsp3) is 0.188. The quantitative estimate of drug-likeness (QED) is 0.798. The Morgan fingerprint density at radius 1 is 1.26 bits per heavy atom. The van der Waals surface area contributed by atoms with Crippen molar-refractivity contribution in [1.29, 1.82) is 0 Å². The Bertz CT molecular complexity index is 899. The third-order valence-corrected chi connectivity index (χ3v) is 3.70. The average molecular weight is 330 g/mol. The second kappa shape index (κ2) is 6.26. The lowest BCUT2D eigenvalue weighted by Gasteiger charge is -2.07. The number of aryl methyl sites for hydroxylation is 1. The monoisotopic (exact) mass is 329 g/mol. The summed E-state index contributed by atoms with van der Waals surface area (Å²) in [5, 5.41) is 4.80. The van der Waals surface area contributed by atoms with Crippen molar-refractivity contribution in [3.63, 3.8) is 0 Å². The van der Waals surface area contributed by atoms with Crippen LogP contribution in [0.5, 0.6) is 0 Å². The number of halogens is 1. The van der Waals surface area contributed by atoms with Gasteiger partial charge in [0.05, 0.1) is 34.5 Å². The van der Waals surface area contributed by atoms with Gasteiger partial charge in [0.15, 0.2) is 0 Å². The molecule has 0 amide bonds. The molecule has 0 saturated heterocycles. The molecule has 0 bridgehead atoms.